The second-order valence-corrected chi connectivity index (χ2v) is 9.72. The van der Waals surface area contributed by atoms with Crippen LogP contribution in [0.25, 0.3) is 0 Å². The fourth-order valence-corrected chi connectivity index (χ4v) is 4.98. The molecule has 0 aliphatic carbocycles. The zero-order valence-corrected chi connectivity index (χ0v) is 17.9. The summed E-state index contributed by atoms with van der Waals surface area (Å²) in [6.07, 6.45) is 6.25. The third-order valence-corrected chi connectivity index (χ3v) is 7.07. The Balaban J connectivity index is 1.53. The quantitative estimate of drug-likeness (QED) is 0.668. The van der Waals surface area contributed by atoms with E-state index < -0.39 is 10.0 Å². The predicted octanol–water partition coefficient (Wildman–Crippen LogP) is 2.61. The van der Waals surface area contributed by atoms with Gasteiger partial charge in [0.15, 0.2) is 5.03 Å². The first-order valence-corrected chi connectivity index (χ1v) is 11.7. The molecular formula is C21H30N4O3S. The molecule has 1 saturated heterocycles. The predicted molar refractivity (Wildman–Crippen MR) is 112 cm³/mol. The lowest BCUT2D eigenvalue weighted by atomic mass is 9.99. The van der Waals surface area contributed by atoms with E-state index in [0.29, 0.717) is 25.9 Å². The molecular weight excluding hydrogens is 388 g/mol. The number of benzene rings is 1. The summed E-state index contributed by atoms with van der Waals surface area (Å²) in [5, 5.41) is 3.02. The van der Waals surface area contributed by atoms with E-state index in [4.69, 9.17) is 0 Å². The monoisotopic (exact) mass is 418 g/mol. The SMILES string of the molecule is CC(C)n1cnc(S(=O)(=O)N2CCCC(C(=O)NCCCc3ccccc3)C2)c1. The van der Waals surface area contributed by atoms with Crippen molar-refractivity contribution in [1.29, 1.82) is 0 Å². The van der Waals surface area contributed by atoms with Crippen molar-refractivity contribution in [2.75, 3.05) is 19.6 Å². The Morgan fingerprint density at radius 1 is 1.28 bits per heavy atom. The molecule has 158 valence electrons. The summed E-state index contributed by atoms with van der Waals surface area (Å²) < 4.78 is 29.0. The van der Waals surface area contributed by atoms with Crippen molar-refractivity contribution < 1.29 is 13.2 Å². The lowest BCUT2D eigenvalue weighted by Gasteiger charge is -2.30. The summed E-state index contributed by atoms with van der Waals surface area (Å²) in [5.74, 6) is -0.381. The maximum absolute atomic E-state index is 12.9. The molecule has 1 fully saturated rings. The van der Waals surface area contributed by atoms with Gasteiger partial charge in [0, 0.05) is 31.9 Å². The Morgan fingerprint density at radius 2 is 2.03 bits per heavy atom. The van der Waals surface area contributed by atoms with Crippen molar-refractivity contribution in [2.24, 2.45) is 5.92 Å². The van der Waals surface area contributed by atoms with Crippen LogP contribution in [0.1, 0.15) is 44.7 Å². The van der Waals surface area contributed by atoms with Gasteiger partial charge < -0.3 is 9.88 Å². The van der Waals surface area contributed by atoms with E-state index in [1.165, 1.54) is 9.87 Å². The Morgan fingerprint density at radius 3 is 2.72 bits per heavy atom. The number of carbonyl (C=O) groups excluding carboxylic acids is 1. The summed E-state index contributed by atoms with van der Waals surface area (Å²) in [6, 6.07) is 10.3. The van der Waals surface area contributed by atoms with E-state index in [1.54, 1.807) is 17.1 Å². The van der Waals surface area contributed by atoms with Crippen molar-refractivity contribution in [3.63, 3.8) is 0 Å². The third kappa shape index (κ3) is 5.45. The number of aromatic nitrogens is 2. The molecule has 0 radical (unpaired) electrons. The molecule has 0 bridgehead atoms. The molecule has 1 aliphatic heterocycles. The van der Waals surface area contributed by atoms with E-state index in [1.807, 2.05) is 32.0 Å². The molecule has 3 rings (SSSR count). The van der Waals surface area contributed by atoms with Gasteiger partial charge in [0.05, 0.1) is 12.2 Å². The van der Waals surface area contributed by atoms with Crippen molar-refractivity contribution in [3.8, 4) is 0 Å². The van der Waals surface area contributed by atoms with Gasteiger partial charge in [0.1, 0.15) is 0 Å². The standard InChI is InChI=1S/C21H30N4O3S/c1-17(2)24-15-20(23-16-24)29(27,28)25-13-7-11-19(14-25)21(26)22-12-6-10-18-8-4-3-5-9-18/h3-5,8-9,15-17,19H,6-7,10-14H2,1-2H3,(H,22,26). The van der Waals surface area contributed by atoms with Crippen LogP contribution < -0.4 is 5.32 Å². The largest absolute Gasteiger partial charge is 0.356 e. The smallest absolute Gasteiger partial charge is 0.262 e. The number of aryl methyl sites for hydroxylation is 1. The molecule has 1 aliphatic rings. The van der Waals surface area contributed by atoms with Crippen molar-refractivity contribution >= 4 is 15.9 Å². The van der Waals surface area contributed by atoms with Crippen LogP contribution in [-0.4, -0.2) is 47.8 Å². The van der Waals surface area contributed by atoms with Gasteiger partial charge in [-0.2, -0.15) is 4.31 Å². The first-order valence-electron chi connectivity index (χ1n) is 10.2. The summed E-state index contributed by atoms with van der Waals surface area (Å²) >= 11 is 0. The van der Waals surface area contributed by atoms with Gasteiger partial charge in [-0.1, -0.05) is 30.3 Å². The van der Waals surface area contributed by atoms with Crippen molar-refractivity contribution in [3.05, 3.63) is 48.4 Å². The fraction of sp³-hybridized carbons (Fsp3) is 0.524. The molecule has 1 amide bonds. The minimum atomic E-state index is -3.68. The van der Waals surface area contributed by atoms with Crippen LogP contribution in [0.15, 0.2) is 47.9 Å². The van der Waals surface area contributed by atoms with Crippen LogP contribution in [0.4, 0.5) is 0 Å². The lowest BCUT2D eigenvalue weighted by Crippen LogP contribution is -2.45. The molecule has 7 nitrogen and oxygen atoms in total. The second kappa shape index (κ2) is 9.54. The van der Waals surface area contributed by atoms with Gasteiger partial charge in [0.25, 0.3) is 10.0 Å². The van der Waals surface area contributed by atoms with Gasteiger partial charge in [0.2, 0.25) is 5.91 Å². The highest BCUT2D eigenvalue weighted by Crippen LogP contribution is 2.23. The first kappa shape index (κ1) is 21.5. The van der Waals surface area contributed by atoms with E-state index in [9.17, 15) is 13.2 Å². The van der Waals surface area contributed by atoms with Crippen LogP contribution in [0.3, 0.4) is 0 Å². The summed E-state index contributed by atoms with van der Waals surface area (Å²) in [7, 11) is -3.68. The Bertz CT molecular complexity index is 909. The summed E-state index contributed by atoms with van der Waals surface area (Å²) in [6.45, 7) is 5.17. The highest BCUT2D eigenvalue weighted by atomic mass is 32.2. The van der Waals surface area contributed by atoms with E-state index in [2.05, 4.69) is 22.4 Å². The Kier molecular flexibility index (Phi) is 7.08. The maximum atomic E-state index is 12.9. The normalized spacial score (nSPS) is 18.1. The van der Waals surface area contributed by atoms with Crippen LogP contribution in [-0.2, 0) is 21.2 Å². The molecule has 0 spiro atoms. The molecule has 29 heavy (non-hydrogen) atoms. The number of sulfonamides is 1. The highest BCUT2D eigenvalue weighted by Gasteiger charge is 2.34. The Hall–Kier alpha value is -2.19. The van der Waals surface area contributed by atoms with Crippen molar-refractivity contribution in [1.82, 2.24) is 19.2 Å². The van der Waals surface area contributed by atoms with Gasteiger partial charge in [-0.25, -0.2) is 13.4 Å². The van der Waals surface area contributed by atoms with Crippen LogP contribution >= 0.6 is 0 Å². The fourth-order valence-electron chi connectivity index (χ4n) is 3.53. The Labute approximate surface area is 173 Å². The molecule has 8 heteroatoms. The average Bonchev–Trinajstić information content (AvgIpc) is 3.23. The zero-order chi connectivity index (χ0) is 20.9. The topological polar surface area (TPSA) is 84.3 Å². The maximum Gasteiger partial charge on any atom is 0.262 e. The molecule has 1 atom stereocenters. The van der Waals surface area contributed by atoms with Crippen LogP contribution in [0, 0.1) is 5.92 Å². The molecule has 0 saturated carbocycles. The molecule has 1 aromatic heterocycles. The minimum absolute atomic E-state index is 0.0510. The number of carbonyl (C=O) groups is 1. The lowest BCUT2D eigenvalue weighted by molar-refractivity contribution is -0.126. The number of nitrogens with zero attached hydrogens (tertiary/aromatic N) is 3. The van der Waals surface area contributed by atoms with Gasteiger partial charge in [-0.3, -0.25) is 4.79 Å². The molecule has 2 aromatic rings. The second-order valence-electron chi connectivity index (χ2n) is 7.84. The number of hydrogen-bond donors (Lipinski definition) is 1. The van der Waals surface area contributed by atoms with E-state index in [0.717, 1.165) is 12.8 Å². The van der Waals surface area contributed by atoms with E-state index in [-0.39, 0.29) is 29.4 Å². The minimum Gasteiger partial charge on any atom is -0.356 e. The van der Waals surface area contributed by atoms with Gasteiger partial charge in [-0.05, 0) is 45.1 Å². The van der Waals surface area contributed by atoms with Crippen molar-refractivity contribution in [2.45, 2.75) is 50.6 Å². The summed E-state index contributed by atoms with van der Waals surface area (Å²) in [4.78, 5) is 16.6. The molecule has 1 unspecified atom stereocenters. The van der Waals surface area contributed by atoms with Crippen LogP contribution in [0.2, 0.25) is 0 Å². The summed E-state index contributed by atoms with van der Waals surface area (Å²) in [5.41, 5.74) is 1.25. The molecule has 2 heterocycles. The number of imidazole rings is 1. The molecule has 1 N–H and O–H groups in total. The van der Waals surface area contributed by atoms with Gasteiger partial charge in [-0.15, -0.1) is 0 Å². The number of amides is 1. The average molecular weight is 419 g/mol. The highest BCUT2D eigenvalue weighted by molar-refractivity contribution is 7.89. The zero-order valence-electron chi connectivity index (χ0n) is 17.1. The van der Waals surface area contributed by atoms with E-state index >= 15 is 0 Å². The number of piperidine rings is 1. The van der Waals surface area contributed by atoms with Gasteiger partial charge >= 0.3 is 0 Å². The molecule has 1 aromatic carbocycles. The first-order chi connectivity index (χ1) is 13.9. The third-order valence-electron chi connectivity index (χ3n) is 5.32. The number of hydrogen-bond acceptors (Lipinski definition) is 4. The number of nitrogens with one attached hydrogen (secondary N) is 1. The van der Waals surface area contributed by atoms with Crippen LogP contribution in [0.5, 0.6) is 0 Å². The number of rotatable bonds is 8.